The lowest BCUT2D eigenvalue weighted by Crippen LogP contribution is -2.50. The zero-order valence-electron chi connectivity index (χ0n) is 12.9. The molecular weight excluding hydrogens is 238 g/mol. The van der Waals surface area contributed by atoms with Crippen molar-refractivity contribution < 1.29 is 4.74 Å². The van der Waals surface area contributed by atoms with Crippen LogP contribution in [0.1, 0.15) is 19.8 Å². The van der Waals surface area contributed by atoms with Gasteiger partial charge in [-0.15, -0.1) is 0 Å². The average Bonchev–Trinajstić information content (AvgIpc) is 2.40. The second kappa shape index (κ2) is 7.58. The van der Waals surface area contributed by atoms with E-state index in [2.05, 4.69) is 36.1 Å². The summed E-state index contributed by atoms with van der Waals surface area (Å²) in [7, 11) is 4.49. The van der Waals surface area contributed by atoms with Crippen LogP contribution in [0.15, 0.2) is 0 Å². The quantitative estimate of drug-likeness (QED) is 0.802. The van der Waals surface area contributed by atoms with Crippen LogP contribution in [0.4, 0.5) is 0 Å². The molecule has 0 radical (unpaired) electrons. The van der Waals surface area contributed by atoms with Gasteiger partial charge in [-0.3, -0.25) is 0 Å². The molecule has 0 spiro atoms. The van der Waals surface area contributed by atoms with Gasteiger partial charge in [-0.05, 0) is 38.8 Å². The van der Waals surface area contributed by atoms with Gasteiger partial charge in [0.25, 0.3) is 0 Å². The molecule has 19 heavy (non-hydrogen) atoms. The molecule has 2 rings (SSSR count). The van der Waals surface area contributed by atoms with Crippen LogP contribution in [0, 0.1) is 11.8 Å². The molecule has 0 amide bonds. The molecule has 4 nitrogen and oxygen atoms in total. The van der Waals surface area contributed by atoms with E-state index in [0.717, 1.165) is 38.1 Å². The minimum Gasteiger partial charge on any atom is -0.381 e. The summed E-state index contributed by atoms with van der Waals surface area (Å²) < 4.78 is 5.52. The molecule has 2 aliphatic heterocycles. The Morgan fingerprint density at radius 1 is 1.21 bits per heavy atom. The second-order valence-electron chi connectivity index (χ2n) is 6.43. The van der Waals surface area contributed by atoms with Crippen molar-refractivity contribution >= 4 is 0 Å². The monoisotopic (exact) mass is 269 g/mol. The fraction of sp³-hybridized carbons (Fsp3) is 1.00. The highest BCUT2D eigenvalue weighted by atomic mass is 16.5. The van der Waals surface area contributed by atoms with E-state index in [1.54, 1.807) is 0 Å². The molecular formula is C15H31N3O. The predicted octanol–water partition coefficient (Wildman–Crippen LogP) is 0.885. The number of nitrogens with zero attached hydrogens (tertiary/aromatic N) is 2. The first-order valence-electron chi connectivity index (χ1n) is 7.85. The Bertz CT molecular complexity index is 248. The molecule has 1 N–H and O–H groups in total. The van der Waals surface area contributed by atoms with E-state index >= 15 is 0 Å². The van der Waals surface area contributed by atoms with Crippen LogP contribution >= 0.6 is 0 Å². The first-order valence-corrected chi connectivity index (χ1v) is 7.85. The number of piperazine rings is 1. The molecule has 0 aromatic rings. The molecule has 4 heteroatoms. The van der Waals surface area contributed by atoms with E-state index in [0.29, 0.717) is 6.04 Å². The summed E-state index contributed by atoms with van der Waals surface area (Å²) in [5.41, 5.74) is 0. The minimum atomic E-state index is 0.693. The van der Waals surface area contributed by atoms with Gasteiger partial charge < -0.3 is 19.9 Å². The van der Waals surface area contributed by atoms with Crippen molar-refractivity contribution in [3.8, 4) is 0 Å². The van der Waals surface area contributed by atoms with Crippen molar-refractivity contribution in [3.05, 3.63) is 0 Å². The van der Waals surface area contributed by atoms with E-state index in [9.17, 15) is 0 Å². The van der Waals surface area contributed by atoms with Gasteiger partial charge in [0.15, 0.2) is 0 Å². The Labute approximate surface area is 118 Å². The third kappa shape index (κ3) is 4.42. The smallest absolute Gasteiger partial charge is 0.0469 e. The van der Waals surface area contributed by atoms with Gasteiger partial charge in [0.1, 0.15) is 0 Å². The summed E-state index contributed by atoms with van der Waals surface area (Å²) in [6.07, 6.45) is 2.46. The number of hydrogen-bond donors (Lipinski definition) is 1. The second-order valence-corrected chi connectivity index (χ2v) is 6.43. The Morgan fingerprint density at radius 2 is 1.84 bits per heavy atom. The maximum absolute atomic E-state index is 5.52. The van der Waals surface area contributed by atoms with Gasteiger partial charge in [-0.25, -0.2) is 0 Å². The maximum atomic E-state index is 5.52. The number of rotatable bonds is 5. The highest BCUT2D eigenvalue weighted by Crippen LogP contribution is 2.27. The fourth-order valence-corrected chi connectivity index (χ4v) is 3.86. The molecule has 2 heterocycles. The summed E-state index contributed by atoms with van der Waals surface area (Å²) in [5, 5.41) is 3.43. The molecule has 0 bridgehead atoms. The molecule has 2 unspecified atom stereocenters. The molecule has 2 atom stereocenters. The van der Waals surface area contributed by atoms with E-state index in [4.69, 9.17) is 4.74 Å². The van der Waals surface area contributed by atoms with Crippen LogP contribution < -0.4 is 5.32 Å². The SMILES string of the molecule is CC(CN1CCNCC1)C(C1CCOCC1)N(C)C. The van der Waals surface area contributed by atoms with Gasteiger partial charge in [-0.2, -0.15) is 0 Å². The van der Waals surface area contributed by atoms with Crippen LogP contribution in [0.25, 0.3) is 0 Å². The lowest BCUT2D eigenvalue weighted by Gasteiger charge is -2.41. The first-order chi connectivity index (χ1) is 9.18. The van der Waals surface area contributed by atoms with Gasteiger partial charge >= 0.3 is 0 Å². The number of ether oxygens (including phenoxy) is 1. The Kier molecular flexibility index (Phi) is 6.07. The average molecular weight is 269 g/mol. The molecule has 0 aromatic carbocycles. The van der Waals surface area contributed by atoms with Gasteiger partial charge in [0.05, 0.1) is 0 Å². The summed E-state index contributed by atoms with van der Waals surface area (Å²) in [5.74, 6) is 1.54. The van der Waals surface area contributed by atoms with E-state index < -0.39 is 0 Å². The number of nitrogens with one attached hydrogen (secondary N) is 1. The Hall–Kier alpha value is -0.160. The summed E-state index contributed by atoms with van der Waals surface area (Å²) in [6, 6.07) is 0.693. The van der Waals surface area contributed by atoms with Crippen LogP contribution in [-0.2, 0) is 4.74 Å². The van der Waals surface area contributed by atoms with Crippen LogP contribution in [-0.4, -0.2) is 75.9 Å². The fourth-order valence-electron chi connectivity index (χ4n) is 3.86. The molecule has 2 aliphatic rings. The van der Waals surface area contributed by atoms with Crippen molar-refractivity contribution in [1.29, 1.82) is 0 Å². The topological polar surface area (TPSA) is 27.7 Å². The molecule has 0 aromatic heterocycles. The lowest BCUT2D eigenvalue weighted by molar-refractivity contribution is 0.0167. The minimum absolute atomic E-state index is 0.693. The van der Waals surface area contributed by atoms with Crippen molar-refractivity contribution in [2.75, 3.05) is 60.0 Å². The third-order valence-corrected chi connectivity index (χ3v) is 4.68. The van der Waals surface area contributed by atoms with Crippen LogP contribution in [0.5, 0.6) is 0 Å². The van der Waals surface area contributed by atoms with E-state index in [-0.39, 0.29) is 0 Å². The lowest BCUT2D eigenvalue weighted by atomic mass is 9.83. The zero-order valence-corrected chi connectivity index (χ0v) is 12.9. The van der Waals surface area contributed by atoms with Crippen molar-refractivity contribution in [1.82, 2.24) is 15.1 Å². The van der Waals surface area contributed by atoms with Gasteiger partial charge in [0, 0.05) is 52.0 Å². The van der Waals surface area contributed by atoms with E-state index in [1.807, 2.05) is 0 Å². The molecule has 112 valence electrons. The summed E-state index contributed by atoms with van der Waals surface area (Å²) in [6.45, 7) is 10.3. The Morgan fingerprint density at radius 3 is 2.42 bits per heavy atom. The molecule has 2 saturated heterocycles. The maximum Gasteiger partial charge on any atom is 0.0469 e. The molecule has 0 saturated carbocycles. The summed E-state index contributed by atoms with van der Waals surface area (Å²) in [4.78, 5) is 5.07. The molecule has 0 aliphatic carbocycles. The largest absolute Gasteiger partial charge is 0.381 e. The first kappa shape index (κ1) is 15.2. The van der Waals surface area contributed by atoms with Crippen LogP contribution in [0.2, 0.25) is 0 Å². The van der Waals surface area contributed by atoms with Crippen LogP contribution in [0.3, 0.4) is 0 Å². The number of hydrogen-bond acceptors (Lipinski definition) is 4. The van der Waals surface area contributed by atoms with Crippen molar-refractivity contribution in [2.45, 2.75) is 25.8 Å². The standard InChI is InChI=1S/C15H31N3O/c1-13(12-18-8-6-16-7-9-18)15(17(2)3)14-4-10-19-11-5-14/h13-16H,4-12H2,1-3H3. The van der Waals surface area contributed by atoms with Gasteiger partial charge in [-0.1, -0.05) is 6.92 Å². The van der Waals surface area contributed by atoms with Gasteiger partial charge in [0.2, 0.25) is 0 Å². The van der Waals surface area contributed by atoms with E-state index in [1.165, 1.54) is 32.5 Å². The van der Waals surface area contributed by atoms with Crippen molar-refractivity contribution in [3.63, 3.8) is 0 Å². The molecule has 2 fully saturated rings. The zero-order chi connectivity index (χ0) is 13.7. The highest BCUT2D eigenvalue weighted by Gasteiger charge is 2.31. The highest BCUT2D eigenvalue weighted by molar-refractivity contribution is 4.85. The predicted molar refractivity (Wildman–Crippen MR) is 79.5 cm³/mol. The van der Waals surface area contributed by atoms with Crippen molar-refractivity contribution in [2.24, 2.45) is 11.8 Å². The normalized spacial score (nSPS) is 26.5. The summed E-state index contributed by atoms with van der Waals surface area (Å²) >= 11 is 0. The third-order valence-electron chi connectivity index (χ3n) is 4.68. The Balaban J connectivity index is 1.89.